The summed E-state index contributed by atoms with van der Waals surface area (Å²) < 4.78 is 46.1. The monoisotopic (exact) mass is 172 g/mol. The molecular formula is C5H4F4O2. The van der Waals surface area contributed by atoms with Gasteiger partial charge in [0.15, 0.2) is 5.78 Å². The molecule has 64 valence electrons. The normalized spacial score (nSPS) is 14.3. The minimum atomic E-state index is -5.20. The number of carbonyl (C=O) groups is 1. The molecule has 1 N–H and O–H groups in total. The fourth-order valence-corrected chi connectivity index (χ4v) is 0.291. The number of halogens is 4. The summed E-state index contributed by atoms with van der Waals surface area (Å²) in [7, 11) is 0. The molecule has 0 radical (unpaired) electrons. The number of hydrogen-bond donors (Lipinski definition) is 1. The van der Waals surface area contributed by atoms with Crippen LogP contribution in [0.3, 0.4) is 0 Å². The van der Waals surface area contributed by atoms with E-state index in [4.69, 9.17) is 5.11 Å². The number of ketones is 1. The lowest BCUT2D eigenvalue weighted by molar-refractivity contribution is -0.129. The zero-order valence-corrected chi connectivity index (χ0v) is 5.37. The average Bonchev–Trinajstić information content (AvgIpc) is 1.82. The predicted octanol–water partition coefficient (Wildman–Crippen LogP) is 1.88. The Hall–Kier alpha value is -1.07. The third kappa shape index (κ3) is 2.57. The van der Waals surface area contributed by atoms with Gasteiger partial charge in [0.05, 0.1) is 0 Å². The number of alkyl halides is 3. The van der Waals surface area contributed by atoms with E-state index in [0.717, 1.165) is 0 Å². The number of allylic oxidation sites excluding steroid dienone is 2. The van der Waals surface area contributed by atoms with Crippen molar-refractivity contribution in [2.75, 3.05) is 0 Å². The summed E-state index contributed by atoms with van der Waals surface area (Å²) in [4.78, 5) is 9.94. The van der Waals surface area contributed by atoms with E-state index in [1.165, 1.54) is 0 Å². The molecule has 0 fully saturated rings. The van der Waals surface area contributed by atoms with Gasteiger partial charge in [0.1, 0.15) is 0 Å². The number of carbonyl (C=O) groups excluding carboxylic acids is 1. The van der Waals surface area contributed by atoms with Gasteiger partial charge in [-0.25, -0.2) is 0 Å². The predicted molar refractivity (Wildman–Crippen MR) is 27.5 cm³/mol. The SMILES string of the molecule is CC(=O)C(F)=C(O)C(F)(F)F. The highest BCUT2D eigenvalue weighted by atomic mass is 19.4. The van der Waals surface area contributed by atoms with Gasteiger partial charge in [0.25, 0.3) is 0 Å². The van der Waals surface area contributed by atoms with Crippen LogP contribution in [0.25, 0.3) is 0 Å². The molecule has 0 rings (SSSR count). The molecule has 6 heteroatoms. The van der Waals surface area contributed by atoms with Crippen LogP contribution in [0.1, 0.15) is 6.92 Å². The summed E-state index contributed by atoms with van der Waals surface area (Å²) in [6.45, 7) is 0.581. The number of aliphatic hydroxyl groups is 1. The van der Waals surface area contributed by atoms with E-state index in [9.17, 15) is 22.4 Å². The van der Waals surface area contributed by atoms with E-state index < -0.39 is 23.5 Å². The van der Waals surface area contributed by atoms with E-state index in [1.807, 2.05) is 0 Å². The van der Waals surface area contributed by atoms with Gasteiger partial charge in [-0.15, -0.1) is 0 Å². The van der Waals surface area contributed by atoms with Gasteiger partial charge in [-0.2, -0.15) is 17.6 Å². The zero-order chi connectivity index (χ0) is 9.23. The van der Waals surface area contributed by atoms with Crippen molar-refractivity contribution in [1.82, 2.24) is 0 Å². The van der Waals surface area contributed by atoms with E-state index in [-0.39, 0.29) is 0 Å². The highest BCUT2D eigenvalue weighted by Gasteiger charge is 2.38. The van der Waals surface area contributed by atoms with Crippen molar-refractivity contribution in [2.24, 2.45) is 0 Å². The molecule has 0 spiro atoms. The lowest BCUT2D eigenvalue weighted by atomic mass is 10.3. The topological polar surface area (TPSA) is 37.3 Å². The average molecular weight is 172 g/mol. The highest BCUT2D eigenvalue weighted by Crippen LogP contribution is 2.26. The minimum Gasteiger partial charge on any atom is -0.502 e. The molecule has 0 amide bonds. The highest BCUT2D eigenvalue weighted by molar-refractivity contribution is 5.91. The Morgan fingerprint density at radius 1 is 1.36 bits per heavy atom. The Labute approximate surface area is 59.1 Å². The van der Waals surface area contributed by atoms with Gasteiger partial charge in [-0.05, 0) is 0 Å². The van der Waals surface area contributed by atoms with Crippen molar-refractivity contribution in [1.29, 1.82) is 0 Å². The molecule has 0 aromatic heterocycles. The van der Waals surface area contributed by atoms with Gasteiger partial charge in [0.2, 0.25) is 11.6 Å². The minimum absolute atomic E-state index is 0.581. The zero-order valence-electron chi connectivity index (χ0n) is 5.37. The fraction of sp³-hybridized carbons (Fsp3) is 0.400. The molecule has 2 nitrogen and oxygen atoms in total. The second kappa shape index (κ2) is 2.89. The smallest absolute Gasteiger partial charge is 0.451 e. The lowest BCUT2D eigenvalue weighted by Gasteiger charge is -2.03. The Morgan fingerprint density at radius 2 is 1.73 bits per heavy atom. The molecule has 0 heterocycles. The van der Waals surface area contributed by atoms with E-state index in [0.29, 0.717) is 6.92 Å². The molecule has 0 aliphatic heterocycles. The molecule has 0 bridgehead atoms. The van der Waals surface area contributed by atoms with Crippen LogP contribution in [-0.2, 0) is 4.79 Å². The second-order valence-corrected chi connectivity index (χ2v) is 1.72. The molecule has 0 aliphatic rings. The van der Waals surface area contributed by atoms with Crippen LogP contribution in [0.4, 0.5) is 17.6 Å². The molecule has 0 saturated heterocycles. The third-order valence-electron chi connectivity index (χ3n) is 0.786. The van der Waals surface area contributed by atoms with Gasteiger partial charge in [-0.3, -0.25) is 4.79 Å². The lowest BCUT2D eigenvalue weighted by Crippen LogP contribution is -2.15. The molecule has 0 aromatic carbocycles. The summed E-state index contributed by atoms with van der Waals surface area (Å²) in [5.74, 6) is -6.11. The van der Waals surface area contributed by atoms with E-state index in [2.05, 4.69) is 0 Å². The maximum Gasteiger partial charge on any atom is 0.451 e. The summed E-state index contributed by atoms with van der Waals surface area (Å²) in [6.07, 6.45) is -5.20. The Bertz CT molecular complexity index is 203. The molecule has 0 saturated carbocycles. The van der Waals surface area contributed by atoms with Gasteiger partial charge < -0.3 is 5.11 Å². The first-order chi connectivity index (χ1) is 4.76. The van der Waals surface area contributed by atoms with Crippen molar-refractivity contribution in [2.45, 2.75) is 13.1 Å². The van der Waals surface area contributed by atoms with E-state index in [1.54, 1.807) is 0 Å². The Kier molecular flexibility index (Phi) is 2.61. The van der Waals surface area contributed by atoms with Crippen molar-refractivity contribution >= 4 is 5.78 Å². The summed E-state index contributed by atoms with van der Waals surface area (Å²) >= 11 is 0. The molecule has 0 aromatic rings. The maximum absolute atomic E-state index is 12.0. The van der Waals surface area contributed by atoms with Crippen LogP contribution in [0, 0.1) is 0 Å². The number of Topliss-reactive ketones (excluding diaryl/α,β-unsaturated/α-hetero) is 1. The van der Waals surface area contributed by atoms with Crippen LogP contribution >= 0.6 is 0 Å². The van der Waals surface area contributed by atoms with Crippen LogP contribution in [0.2, 0.25) is 0 Å². The first-order valence-corrected chi connectivity index (χ1v) is 2.43. The van der Waals surface area contributed by atoms with Gasteiger partial charge >= 0.3 is 6.18 Å². The molecule has 0 unspecified atom stereocenters. The third-order valence-corrected chi connectivity index (χ3v) is 0.786. The molecular weight excluding hydrogens is 168 g/mol. The van der Waals surface area contributed by atoms with Crippen molar-refractivity contribution in [3.63, 3.8) is 0 Å². The largest absolute Gasteiger partial charge is 0.502 e. The Balaban J connectivity index is 4.82. The van der Waals surface area contributed by atoms with Crippen LogP contribution in [-0.4, -0.2) is 17.1 Å². The summed E-state index contributed by atoms with van der Waals surface area (Å²) in [5.41, 5.74) is 0. The van der Waals surface area contributed by atoms with Gasteiger partial charge in [-0.1, -0.05) is 0 Å². The number of aliphatic hydroxyl groups excluding tert-OH is 1. The van der Waals surface area contributed by atoms with E-state index >= 15 is 0 Å². The van der Waals surface area contributed by atoms with Crippen molar-refractivity contribution in [3.05, 3.63) is 11.6 Å². The molecule has 0 aliphatic carbocycles. The number of rotatable bonds is 1. The Morgan fingerprint density at radius 3 is 1.82 bits per heavy atom. The van der Waals surface area contributed by atoms with Crippen LogP contribution in [0.5, 0.6) is 0 Å². The van der Waals surface area contributed by atoms with Crippen LogP contribution in [0.15, 0.2) is 11.6 Å². The molecule has 11 heavy (non-hydrogen) atoms. The molecule has 0 atom stereocenters. The standard InChI is InChI=1S/C5H4F4O2/c1-2(10)3(6)4(11)5(7,8)9/h11H,1H3. The van der Waals surface area contributed by atoms with Crippen molar-refractivity contribution < 1.29 is 27.5 Å². The second-order valence-electron chi connectivity index (χ2n) is 1.72. The fourth-order valence-electron chi connectivity index (χ4n) is 0.291. The summed E-state index contributed by atoms with van der Waals surface area (Å²) in [5, 5.41) is 7.98. The van der Waals surface area contributed by atoms with Crippen LogP contribution < -0.4 is 0 Å². The quantitative estimate of drug-likeness (QED) is 0.372. The van der Waals surface area contributed by atoms with Crippen molar-refractivity contribution in [3.8, 4) is 0 Å². The first-order valence-electron chi connectivity index (χ1n) is 2.43. The first kappa shape index (κ1) is 9.93. The number of hydrogen-bond acceptors (Lipinski definition) is 2. The maximum atomic E-state index is 12.0. The summed E-state index contributed by atoms with van der Waals surface area (Å²) in [6, 6.07) is 0. The van der Waals surface area contributed by atoms with Gasteiger partial charge in [0, 0.05) is 6.92 Å².